The van der Waals surface area contributed by atoms with Crippen molar-refractivity contribution in [3.63, 3.8) is 0 Å². The third-order valence-corrected chi connectivity index (χ3v) is 3.81. The monoisotopic (exact) mass is 263 g/mol. The van der Waals surface area contributed by atoms with E-state index < -0.39 is 10.0 Å². The standard InChI is InChI=1S/C9H17N3O4S/c1-6(16-3)4-10-17(14,15)9-8(5-13)7(2)11-12-9/h6,10,13H,4-5H2,1-3H3,(H,11,12). The number of aliphatic hydroxyl groups excluding tert-OH is 1. The molecule has 0 saturated heterocycles. The molecular formula is C9H17N3O4S. The molecule has 1 aromatic heterocycles. The summed E-state index contributed by atoms with van der Waals surface area (Å²) in [7, 11) is -2.22. The van der Waals surface area contributed by atoms with Crippen LogP contribution < -0.4 is 4.72 Å². The molecule has 0 amide bonds. The lowest BCUT2D eigenvalue weighted by Crippen LogP contribution is -2.32. The van der Waals surface area contributed by atoms with Crippen molar-refractivity contribution >= 4 is 10.0 Å². The number of aromatic nitrogens is 2. The fourth-order valence-electron chi connectivity index (χ4n) is 1.22. The molecule has 3 N–H and O–H groups in total. The zero-order valence-electron chi connectivity index (χ0n) is 10.0. The van der Waals surface area contributed by atoms with Crippen LogP contribution in [0.15, 0.2) is 5.03 Å². The van der Waals surface area contributed by atoms with Crippen molar-refractivity contribution in [3.05, 3.63) is 11.3 Å². The molecule has 0 saturated carbocycles. The van der Waals surface area contributed by atoms with Crippen LogP contribution in [0.2, 0.25) is 0 Å². The van der Waals surface area contributed by atoms with Crippen molar-refractivity contribution in [3.8, 4) is 0 Å². The van der Waals surface area contributed by atoms with E-state index in [0.717, 1.165) is 0 Å². The normalized spacial score (nSPS) is 13.9. The van der Waals surface area contributed by atoms with Crippen LogP contribution in [0, 0.1) is 6.92 Å². The maximum atomic E-state index is 11.9. The summed E-state index contributed by atoms with van der Waals surface area (Å²) >= 11 is 0. The number of aryl methyl sites for hydroxylation is 1. The average Bonchev–Trinajstić information content (AvgIpc) is 2.68. The van der Waals surface area contributed by atoms with Crippen molar-refractivity contribution in [1.82, 2.24) is 14.9 Å². The minimum atomic E-state index is -3.72. The molecule has 1 heterocycles. The molecule has 0 aliphatic carbocycles. The Morgan fingerprint density at radius 1 is 1.59 bits per heavy atom. The van der Waals surface area contributed by atoms with E-state index in [4.69, 9.17) is 9.84 Å². The molecule has 1 aromatic rings. The van der Waals surface area contributed by atoms with E-state index in [1.54, 1.807) is 13.8 Å². The molecule has 0 aliphatic rings. The number of nitrogens with zero attached hydrogens (tertiary/aromatic N) is 1. The topological polar surface area (TPSA) is 104 Å². The molecule has 0 radical (unpaired) electrons. The Hall–Kier alpha value is -0.960. The third kappa shape index (κ3) is 3.25. The number of aliphatic hydroxyl groups is 1. The zero-order valence-corrected chi connectivity index (χ0v) is 10.8. The second kappa shape index (κ2) is 5.58. The van der Waals surface area contributed by atoms with Gasteiger partial charge >= 0.3 is 0 Å². The number of methoxy groups -OCH3 is 1. The molecule has 0 aliphatic heterocycles. The van der Waals surface area contributed by atoms with E-state index in [-0.39, 0.29) is 29.8 Å². The summed E-state index contributed by atoms with van der Waals surface area (Å²) in [4.78, 5) is 0. The molecule has 8 heteroatoms. The van der Waals surface area contributed by atoms with Crippen LogP contribution in [0.3, 0.4) is 0 Å². The Bertz CT molecular complexity index is 469. The Morgan fingerprint density at radius 2 is 2.24 bits per heavy atom. The minimum absolute atomic E-state index is 0.148. The number of H-pyrrole nitrogens is 1. The number of sulfonamides is 1. The van der Waals surface area contributed by atoms with E-state index in [1.165, 1.54) is 7.11 Å². The van der Waals surface area contributed by atoms with Gasteiger partial charge in [0.1, 0.15) is 0 Å². The first-order chi connectivity index (χ1) is 7.92. The summed E-state index contributed by atoms with van der Waals surface area (Å²) in [6.45, 7) is 3.16. The number of rotatable bonds is 6. The van der Waals surface area contributed by atoms with Gasteiger partial charge in [-0.25, -0.2) is 13.1 Å². The number of hydrogen-bond donors (Lipinski definition) is 3. The summed E-state index contributed by atoms with van der Waals surface area (Å²) in [6, 6.07) is 0. The molecule has 1 rings (SSSR count). The summed E-state index contributed by atoms with van der Waals surface area (Å²) in [5.41, 5.74) is 0.815. The number of ether oxygens (including phenoxy) is 1. The van der Waals surface area contributed by atoms with Crippen molar-refractivity contribution in [1.29, 1.82) is 0 Å². The lowest BCUT2D eigenvalue weighted by molar-refractivity contribution is 0.122. The molecule has 1 atom stereocenters. The lowest BCUT2D eigenvalue weighted by atomic mass is 10.3. The van der Waals surface area contributed by atoms with E-state index in [2.05, 4.69) is 14.9 Å². The van der Waals surface area contributed by atoms with Gasteiger partial charge in [-0.2, -0.15) is 5.10 Å². The largest absolute Gasteiger partial charge is 0.392 e. The molecule has 1 unspecified atom stereocenters. The molecule has 0 bridgehead atoms. The average molecular weight is 263 g/mol. The lowest BCUT2D eigenvalue weighted by Gasteiger charge is -2.10. The van der Waals surface area contributed by atoms with Gasteiger partial charge in [-0.3, -0.25) is 5.10 Å². The smallest absolute Gasteiger partial charge is 0.260 e. The van der Waals surface area contributed by atoms with E-state index in [0.29, 0.717) is 5.69 Å². The molecule has 0 aromatic carbocycles. The molecular weight excluding hydrogens is 246 g/mol. The summed E-state index contributed by atoms with van der Waals surface area (Å²) < 4.78 is 31.1. The van der Waals surface area contributed by atoms with Gasteiger partial charge in [0.25, 0.3) is 10.0 Å². The van der Waals surface area contributed by atoms with E-state index >= 15 is 0 Å². The van der Waals surface area contributed by atoms with Crippen molar-refractivity contribution in [2.75, 3.05) is 13.7 Å². The number of nitrogens with one attached hydrogen (secondary N) is 2. The second-order valence-electron chi connectivity index (χ2n) is 3.69. The first-order valence-corrected chi connectivity index (χ1v) is 6.57. The van der Waals surface area contributed by atoms with E-state index in [1.807, 2.05) is 0 Å². The van der Waals surface area contributed by atoms with Gasteiger partial charge in [0, 0.05) is 24.9 Å². The van der Waals surface area contributed by atoms with Crippen LogP contribution in [0.1, 0.15) is 18.2 Å². The predicted molar refractivity (Wildman–Crippen MR) is 60.9 cm³/mol. The Labute approximate surface area is 100 Å². The van der Waals surface area contributed by atoms with Gasteiger partial charge < -0.3 is 9.84 Å². The van der Waals surface area contributed by atoms with Crippen LogP contribution >= 0.6 is 0 Å². The first kappa shape index (κ1) is 14.1. The third-order valence-electron chi connectivity index (χ3n) is 2.41. The van der Waals surface area contributed by atoms with Gasteiger partial charge in [0.05, 0.1) is 12.7 Å². The zero-order chi connectivity index (χ0) is 13.1. The first-order valence-electron chi connectivity index (χ1n) is 5.09. The molecule has 0 fully saturated rings. The fraction of sp³-hybridized carbons (Fsp3) is 0.667. The van der Waals surface area contributed by atoms with Crippen molar-refractivity contribution < 1.29 is 18.3 Å². The van der Waals surface area contributed by atoms with Crippen LogP contribution in [-0.4, -0.2) is 43.5 Å². The van der Waals surface area contributed by atoms with Crippen molar-refractivity contribution in [2.24, 2.45) is 0 Å². The highest BCUT2D eigenvalue weighted by molar-refractivity contribution is 7.89. The highest BCUT2D eigenvalue weighted by atomic mass is 32.2. The highest BCUT2D eigenvalue weighted by Gasteiger charge is 2.23. The quantitative estimate of drug-likeness (QED) is 0.643. The van der Waals surface area contributed by atoms with Crippen molar-refractivity contribution in [2.45, 2.75) is 31.6 Å². The van der Waals surface area contributed by atoms with E-state index in [9.17, 15) is 8.42 Å². The van der Waals surface area contributed by atoms with Gasteiger partial charge in [0.15, 0.2) is 5.03 Å². The molecule has 17 heavy (non-hydrogen) atoms. The van der Waals surface area contributed by atoms with Gasteiger partial charge in [0.2, 0.25) is 0 Å². The molecule has 0 spiro atoms. The fourth-order valence-corrected chi connectivity index (χ4v) is 2.52. The van der Waals surface area contributed by atoms with Gasteiger partial charge in [-0.15, -0.1) is 0 Å². The second-order valence-corrected chi connectivity index (χ2v) is 5.37. The molecule has 7 nitrogen and oxygen atoms in total. The van der Waals surface area contributed by atoms with Crippen LogP contribution in [-0.2, 0) is 21.4 Å². The Balaban J connectivity index is 2.90. The van der Waals surface area contributed by atoms with Crippen LogP contribution in [0.25, 0.3) is 0 Å². The number of aromatic amines is 1. The SMILES string of the molecule is COC(C)CNS(=O)(=O)c1n[nH]c(C)c1CO. The number of hydrogen-bond acceptors (Lipinski definition) is 5. The Morgan fingerprint density at radius 3 is 2.76 bits per heavy atom. The summed E-state index contributed by atoms with van der Waals surface area (Å²) in [5, 5.41) is 15.2. The van der Waals surface area contributed by atoms with Gasteiger partial charge in [-0.1, -0.05) is 0 Å². The predicted octanol–water partition coefficient (Wildman–Crippen LogP) is -0.476. The minimum Gasteiger partial charge on any atom is -0.392 e. The Kier molecular flexibility index (Phi) is 4.63. The van der Waals surface area contributed by atoms with Crippen LogP contribution in [0.5, 0.6) is 0 Å². The van der Waals surface area contributed by atoms with Gasteiger partial charge in [-0.05, 0) is 13.8 Å². The highest BCUT2D eigenvalue weighted by Crippen LogP contribution is 2.15. The molecule has 98 valence electrons. The maximum absolute atomic E-state index is 11.9. The summed E-state index contributed by atoms with van der Waals surface area (Å²) in [5.74, 6) is 0. The maximum Gasteiger partial charge on any atom is 0.260 e. The van der Waals surface area contributed by atoms with Crippen LogP contribution in [0.4, 0.5) is 0 Å². The summed E-state index contributed by atoms with van der Waals surface area (Å²) in [6.07, 6.45) is -0.234.